The van der Waals surface area contributed by atoms with Crippen molar-refractivity contribution in [2.75, 3.05) is 19.6 Å². The van der Waals surface area contributed by atoms with E-state index >= 15 is 0 Å². The molecule has 5 amide bonds. The van der Waals surface area contributed by atoms with Gasteiger partial charge in [0.05, 0.1) is 6.54 Å². The lowest BCUT2D eigenvalue weighted by Crippen LogP contribution is -2.58. The van der Waals surface area contributed by atoms with Crippen molar-refractivity contribution in [1.29, 1.82) is 0 Å². The van der Waals surface area contributed by atoms with Gasteiger partial charge in [-0.3, -0.25) is 29.0 Å². The second-order valence-corrected chi connectivity index (χ2v) is 9.09. The fourth-order valence-corrected chi connectivity index (χ4v) is 3.53. The van der Waals surface area contributed by atoms with Crippen LogP contribution in [0, 0.1) is 5.92 Å². The molecular formula is C22H41N9O5. The van der Waals surface area contributed by atoms with E-state index in [2.05, 4.69) is 31.6 Å². The van der Waals surface area contributed by atoms with Crippen LogP contribution in [0.15, 0.2) is 4.99 Å². The minimum Gasteiger partial charge on any atom is -0.370 e. The summed E-state index contributed by atoms with van der Waals surface area (Å²) in [5, 5.41) is 13.0. The lowest BCUT2D eigenvalue weighted by Gasteiger charge is -2.27. The smallest absolute Gasteiger partial charge is 0.243 e. The highest BCUT2D eigenvalue weighted by molar-refractivity contribution is 5.97. The predicted octanol–water partition coefficient (Wildman–Crippen LogP) is -3.09. The minimum atomic E-state index is -1.000. The van der Waals surface area contributed by atoms with E-state index in [1.807, 2.05) is 0 Å². The number of unbranched alkanes of at least 4 members (excludes halogenated alkanes) is 1. The van der Waals surface area contributed by atoms with Crippen molar-refractivity contribution < 1.29 is 24.0 Å². The largest absolute Gasteiger partial charge is 0.370 e. The topological polar surface area (TPSA) is 236 Å². The van der Waals surface area contributed by atoms with E-state index in [-0.39, 0.29) is 24.8 Å². The summed E-state index contributed by atoms with van der Waals surface area (Å²) in [6, 6.07) is -3.86. The molecule has 0 aliphatic carbocycles. The Balaban J connectivity index is 3.20. The molecule has 4 atom stereocenters. The van der Waals surface area contributed by atoms with Crippen LogP contribution >= 0.6 is 0 Å². The molecule has 1 fully saturated rings. The summed E-state index contributed by atoms with van der Waals surface area (Å²) in [6.45, 7) is 5.23. The van der Waals surface area contributed by atoms with Crippen LogP contribution in [0.2, 0.25) is 0 Å². The number of guanidine groups is 1. The number of hydrogen-bond donors (Lipinski definition) is 8. The maximum Gasteiger partial charge on any atom is 0.243 e. The molecule has 1 rings (SSSR count). The molecule has 0 unspecified atom stereocenters. The van der Waals surface area contributed by atoms with E-state index in [0.29, 0.717) is 32.2 Å². The quantitative estimate of drug-likeness (QED) is 0.0894. The Morgan fingerprint density at radius 2 is 1.47 bits per heavy atom. The van der Waals surface area contributed by atoms with Gasteiger partial charge < -0.3 is 43.8 Å². The molecule has 14 heteroatoms. The zero-order valence-electron chi connectivity index (χ0n) is 21.3. The van der Waals surface area contributed by atoms with Crippen LogP contribution in [0.25, 0.3) is 0 Å². The van der Waals surface area contributed by atoms with Gasteiger partial charge >= 0.3 is 0 Å². The van der Waals surface area contributed by atoms with Crippen LogP contribution in [0.4, 0.5) is 0 Å². The third kappa shape index (κ3) is 10.9. The van der Waals surface area contributed by atoms with Crippen molar-refractivity contribution in [3.05, 3.63) is 0 Å². The third-order valence-corrected chi connectivity index (χ3v) is 5.60. The van der Waals surface area contributed by atoms with Gasteiger partial charge in [-0.1, -0.05) is 13.8 Å². The SMILES string of the molecule is CC(C)[C@@H]1NC(=O)[C@H](CCCN=C(N)N)NC(=O)CNC(=O)[C@H](C)NC(=O)[C@H](CCCCN)NC1=O. The molecule has 0 saturated carbocycles. The maximum atomic E-state index is 13.1. The number of rotatable bonds is 9. The summed E-state index contributed by atoms with van der Waals surface area (Å²) in [5.74, 6) is -3.29. The van der Waals surface area contributed by atoms with Crippen molar-refractivity contribution in [3.8, 4) is 0 Å². The maximum absolute atomic E-state index is 13.1. The van der Waals surface area contributed by atoms with Crippen LogP contribution in [-0.4, -0.2) is 79.3 Å². The number of hydrogen-bond acceptors (Lipinski definition) is 7. The van der Waals surface area contributed by atoms with Crippen LogP contribution in [-0.2, 0) is 24.0 Å². The van der Waals surface area contributed by atoms with E-state index in [1.54, 1.807) is 13.8 Å². The Kier molecular flexibility index (Phi) is 13.2. The van der Waals surface area contributed by atoms with Crippen molar-refractivity contribution in [1.82, 2.24) is 26.6 Å². The molecule has 1 heterocycles. The highest BCUT2D eigenvalue weighted by atomic mass is 16.2. The van der Waals surface area contributed by atoms with E-state index in [9.17, 15) is 24.0 Å². The zero-order chi connectivity index (χ0) is 27.3. The van der Waals surface area contributed by atoms with E-state index in [4.69, 9.17) is 17.2 Å². The van der Waals surface area contributed by atoms with Crippen LogP contribution in [0.5, 0.6) is 0 Å². The summed E-state index contributed by atoms with van der Waals surface area (Å²) in [4.78, 5) is 67.8. The first-order valence-corrected chi connectivity index (χ1v) is 12.2. The summed E-state index contributed by atoms with van der Waals surface area (Å²) < 4.78 is 0. The van der Waals surface area contributed by atoms with Gasteiger partial charge in [-0.2, -0.15) is 0 Å². The summed E-state index contributed by atoms with van der Waals surface area (Å²) in [5.41, 5.74) is 16.2. The molecule has 36 heavy (non-hydrogen) atoms. The van der Waals surface area contributed by atoms with Crippen LogP contribution < -0.4 is 43.8 Å². The number of nitrogens with one attached hydrogen (secondary N) is 5. The average Bonchev–Trinajstić information content (AvgIpc) is 2.80. The van der Waals surface area contributed by atoms with Gasteiger partial charge in [0.1, 0.15) is 24.2 Å². The summed E-state index contributed by atoms with van der Waals surface area (Å²) >= 11 is 0. The number of nitrogens with zero attached hydrogens (tertiary/aromatic N) is 1. The number of carbonyl (C=O) groups excluding carboxylic acids is 5. The molecule has 11 N–H and O–H groups in total. The van der Waals surface area contributed by atoms with Gasteiger partial charge in [-0.05, 0) is 51.5 Å². The zero-order valence-corrected chi connectivity index (χ0v) is 21.3. The molecule has 0 bridgehead atoms. The first-order valence-electron chi connectivity index (χ1n) is 12.2. The summed E-state index contributed by atoms with van der Waals surface area (Å²) in [6.07, 6.45) is 2.09. The van der Waals surface area contributed by atoms with Crippen molar-refractivity contribution >= 4 is 35.5 Å². The van der Waals surface area contributed by atoms with Gasteiger partial charge in [-0.15, -0.1) is 0 Å². The monoisotopic (exact) mass is 511 g/mol. The second-order valence-electron chi connectivity index (χ2n) is 9.09. The number of nitrogens with two attached hydrogens (primary N) is 3. The Labute approximate surface area is 211 Å². The fourth-order valence-electron chi connectivity index (χ4n) is 3.53. The predicted molar refractivity (Wildman–Crippen MR) is 134 cm³/mol. The highest BCUT2D eigenvalue weighted by Gasteiger charge is 2.32. The van der Waals surface area contributed by atoms with Crippen molar-refractivity contribution in [2.24, 2.45) is 28.1 Å². The average molecular weight is 512 g/mol. The summed E-state index contributed by atoms with van der Waals surface area (Å²) in [7, 11) is 0. The third-order valence-electron chi connectivity index (χ3n) is 5.60. The molecule has 1 saturated heterocycles. The van der Waals surface area contributed by atoms with Gasteiger partial charge in [0.15, 0.2) is 5.96 Å². The normalized spacial score (nSPS) is 24.4. The molecule has 1 aliphatic rings. The Morgan fingerprint density at radius 3 is 2.08 bits per heavy atom. The van der Waals surface area contributed by atoms with Gasteiger partial charge in [-0.25, -0.2) is 0 Å². The van der Waals surface area contributed by atoms with Crippen LogP contribution in [0.1, 0.15) is 52.9 Å². The highest BCUT2D eigenvalue weighted by Crippen LogP contribution is 2.08. The molecular weight excluding hydrogens is 470 g/mol. The van der Waals surface area contributed by atoms with E-state index in [1.165, 1.54) is 6.92 Å². The fraction of sp³-hybridized carbons (Fsp3) is 0.727. The lowest BCUT2D eigenvalue weighted by atomic mass is 10.0. The van der Waals surface area contributed by atoms with E-state index in [0.717, 1.165) is 0 Å². The standard InChI is InChI=1S/C22H41N9O5/c1-12(2)17-21(36)30-15(7-4-5-9-23)19(34)28-13(3)18(33)27-11-16(32)29-14(20(35)31-17)8-6-10-26-22(24)25/h12-15,17H,4-11,23H2,1-3H3,(H,27,33)(H,28,34)(H,29,32)(H,30,36)(H,31,35)(H4,24,25,26)/t13-,14-,15-,17-/m0/s1. The molecule has 0 aromatic rings. The minimum absolute atomic E-state index is 0.0943. The first-order chi connectivity index (χ1) is 17.0. The van der Waals surface area contributed by atoms with Crippen molar-refractivity contribution in [3.63, 3.8) is 0 Å². The Hall–Kier alpha value is -3.42. The van der Waals surface area contributed by atoms with Gasteiger partial charge in [0.2, 0.25) is 29.5 Å². The van der Waals surface area contributed by atoms with Gasteiger partial charge in [0.25, 0.3) is 0 Å². The molecule has 0 aromatic carbocycles. The van der Waals surface area contributed by atoms with E-state index < -0.39 is 60.2 Å². The second kappa shape index (κ2) is 15.5. The molecule has 0 aromatic heterocycles. The molecule has 14 nitrogen and oxygen atoms in total. The Morgan fingerprint density at radius 1 is 0.861 bits per heavy atom. The number of carbonyl (C=O) groups is 5. The molecule has 204 valence electrons. The number of aliphatic imine (C=N–C) groups is 1. The van der Waals surface area contributed by atoms with Crippen LogP contribution in [0.3, 0.4) is 0 Å². The van der Waals surface area contributed by atoms with Gasteiger partial charge in [0, 0.05) is 6.54 Å². The lowest BCUT2D eigenvalue weighted by molar-refractivity contribution is -0.134. The molecule has 0 radical (unpaired) electrons. The molecule has 1 aliphatic heterocycles. The van der Waals surface area contributed by atoms with Crippen molar-refractivity contribution in [2.45, 2.75) is 77.0 Å². The Bertz CT molecular complexity index is 814. The first kappa shape index (κ1) is 30.6. The molecule has 0 spiro atoms. The number of amides is 5.